The van der Waals surface area contributed by atoms with Gasteiger partial charge in [-0.05, 0) is 12.8 Å². The van der Waals surface area contributed by atoms with Crippen molar-refractivity contribution in [3.05, 3.63) is 11.9 Å². The molecule has 2 nitrogen and oxygen atoms in total. The number of rotatable bonds is 1. The fourth-order valence-electron chi connectivity index (χ4n) is 1.28. The third kappa shape index (κ3) is 2.03. The molecule has 0 saturated carbocycles. The number of hydrogen-bond acceptors (Lipinski definition) is 2. The lowest BCUT2D eigenvalue weighted by Crippen LogP contribution is -2.38. The second-order valence-electron chi connectivity index (χ2n) is 3.25. The van der Waals surface area contributed by atoms with E-state index < -0.39 is 0 Å². The molecule has 0 fully saturated rings. The van der Waals surface area contributed by atoms with Crippen molar-refractivity contribution in [1.82, 2.24) is 10.2 Å². The Morgan fingerprint density at radius 3 is 2.27 bits per heavy atom. The summed E-state index contributed by atoms with van der Waals surface area (Å²) in [5.74, 6) is 0.665. The highest BCUT2D eigenvalue weighted by Crippen LogP contribution is 2.16. The first-order valence-corrected chi connectivity index (χ1v) is 3.78. The Hall–Kier alpha value is -0.370. The van der Waals surface area contributed by atoms with Crippen LogP contribution in [0.15, 0.2) is 11.9 Å². The molecule has 0 radical (unpaired) electrons. The molecule has 1 rings (SSSR count). The average molecular weight is 177 g/mol. The van der Waals surface area contributed by atoms with Crippen molar-refractivity contribution in [2.24, 2.45) is 5.92 Å². The monoisotopic (exact) mass is 176 g/mol. The van der Waals surface area contributed by atoms with E-state index in [2.05, 4.69) is 44.2 Å². The molecule has 0 aliphatic carbocycles. The molecule has 0 bridgehead atoms. The summed E-state index contributed by atoms with van der Waals surface area (Å²) in [5.41, 5.74) is 1.32. The van der Waals surface area contributed by atoms with Crippen LogP contribution in [0.5, 0.6) is 0 Å². The second-order valence-corrected chi connectivity index (χ2v) is 3.25. The van der Waals surface area contributed by atoms with E-state index in [9.17, 15) is 0 Å². The molecule has 0 saturated heterocycles. The SMILES string of the molecule is CC1=CNC(C(C)C)N1C.Cl. The predicted octanol–water partition coefficient (Wildman–Crippen LogP) is 1.79. The Kier molecular flexibility index (Phi) is 3.73. The van der Waals surface area contributed by atoms with Gasteiger partial charge in [0.1, 0.15) is 6.17 Å². The van der Waals surface area contributed by atoms with Crippen LogP contribution in [-0.2, 0) is 0 Å². The maximum absolute atomic E-state index is 3.32. The zero-order chi connectivity index (χ0) is 7.72. The van der Waals surface area contributed by atoms with Crippen molar-refractivity contribution >= 4 is 12.4 Å². The summed E-state index contributed by atoms with van der Waals surface area (Å²) in [6, 6.07) is 0. The van der Waals surface area contributed by atoms with Crippen LogP contribution in [0, 0.1) is 5.92 Å². The third-order valence-electron chi connectivity index (χ3n) is 2.07. The van der Waals surface area contributed by atoms with Gasteiger partial charge >= 0.3 is 0 Å². The van der Waals surface area contributed by atoms with Gasteiger partial charge < -0.3 is 10.2 Å². The van der Waals surface area contributed by atoms with Gasteiger partial charge in [-0.2, -0.15) is 0 Å². The van der Waals surface area contributed by atoms with Gasteiger partial charge in [-0.15, -0.1) is 12.4 Å². The van der Waals surface area contributed by atoms with Crippen LogP contribution in [0.3, 0.4) is 0 Å². The largest absolute Gasteiger partial charge is 0.370 e. The van der Waals surface area contributed by atoms with Crippen LogP contribution >= 0.6 is 12.4 Å². The maximum atomic E-state index is 3.32. The summed E-state index contributed by atoms with van der Waals surface area (Å²) in [5, 5.41) is 3.32. The molecule has 1 unspecified atom stereocenters. The number of halogens is 1. The van der Waals surface area contributed by atoms with Gasteiger partial charge in [0.15, 0.2) is 0 Å². The van der Waals surface area contributed by atoms with Crippen molar-refractivity contribution in [1.29, 1.82) is 0 Å². The Balaban J connectivity index is 0.000001000. The first-order chi connectivity index (χ1) is 4.63. The van der Waals surface area contributed by atoms with Crippen LogP contribution in [0.4, 0.5) is 0 Å². The van der Waals surface area contributed by atoms with E-state index in [0.29, 0.717) is 12.1 Å². The Bertz CT molecular complexity index is 154. The first kappa shape index (κ1) is 10.6. The van der Waals surface area contributed by atoms with Crippen LogP contribution in [-0.4, -0.2) is 18.1 Å². The van der Waals surface area contributed by atoms with Crippen molar-refractivity contribution < 1.29 is 0 Å². The third-order valence-corrected chi connectivity index (χ3v) is 2.07. The summed E-state index contributed by atoms with van der Waals surface area (Å²) >= 11 is 0. The zero-order valence-electron chi connectivity index (χ0n) is 7.59. The van der Waals surface area contributed by atoms with Crippen molar-refractivity contribution in [2.45, 2.75) is 26.9 Å². The number of hydrogen-bond donors (Lipinski definition) is 1. The van der Waals surface area contributed by atoms with E-state index in [0.717, 1.165) is 0 Å². The molecular weight excluding hydrogens is 160 g/mol. The summed E-state index contributed by atoms with van der Waals surface area (Å²) in [6.07, 6.45) is 2.57. The van der Waals surface area contributed by atoms with Crippen LogP contribution in [0.1, 0.15) is 20.8 Å². The minimum Gasteiger partial charge on any atom is -0.370 e. The molecule has 66 valence electrons. The molecule has 1 atom stereocenters. The van der Waals surface area contributed by atoms with Gasteiger partial charge in [0, 0.05) is 18.9 Å². The molecule has 11 heavy (non-hydrogen) atoms. The van der Waals surface area contributed by atoms with Crippen LogP contribution in [0.2, 0.25) is 0 Å². The minimum atomic E-state index is 0. The van der Waals surface area contributed by atoms with E-state index >= 15 is 0 Å². The second kappa shape index (κ2) is 3.86. The zero-order valence-corrected chi connectivity index (χ0v) is 8.40. The molecule has 1 aliphatic heterocycles. The van der Waals surface area contributed by atoms with Crippen LogP contribution < -0.4 is 5.32 Å². The molecule has 0 aromatic rings. The summed E-state index contributed by atoms with van der Waals surface area (Å²) in [6.45, 7) is 6.57. The standard InChI is InChI=1S/C8H16N2.ClH/c1-6(2)8-9-5-7(3)10(8)4;/h5-6,8-9H,1-4H3;1H. The Morgan fingerprint density at radius 2 is 2.09 bits per heavy atom. The normalized spacial score (nSPS) is 22.8. The Morgan fingerprint density at radius 1 is 1.55 bits per heavy atom. The van der Waals surface area contributed by atoms with Gasteiger partial charge in [0.05, 0.1) is 0 Å². The van der Waals surface area contributed by atoms with E-state index in [1.54, 1.807) is 0 Å². The fourth-order valence-corrected chi connectivity index (χ4v) is 1.28. The van der Waals surface area contributed by atoms with E-state index in [4.69, 9.17) is 0 Å². The highest BCUT2D eigenvalue weighted by Gasteiger charge is 2.21. The van der Waals surface area contributed by atoms with Gasteiger partial charge in [-0.25, -0.2) is 0 Å². The number of nitrogens with one attached hydrogen (secondary N) is 1. The quantitative estimate of drug-likeness (QED) is 0.656. The van der Waals surface area contributed by atoms with Gasteiger partial charge in [0.25, 0.3) is 0 Å². The molecular formula is C8H17ClN2. The lowest BCUT2D eigenvalue weighted by atomic mass is 10.1. The van der Waals surface area contributed by atoms with Crippen molar-refractivity contribution in [3.8, 4) is 0 Å². The minimum absolute atomic E-state index is 0. The molecule has 1 aliphatic rings. The molecule has 1 heterocycles. The average Bonchev–Trinajstić information content (AvgIpc) is 2.14. The molecule has 3 heteroatoms. The molecule has 0 amide bonds. The highest BCUT2D eigenvalue weighted by atomic mass is 35.5. The van der Waals surface area contributed by atoms with E-state index in [1.165, 1.54) is 5.70 Å². The molecule has 0 aromatic carbocycles. The first-order valence-electron chi connectivity index (χ1n) is 3.78. The predicted molar refractivity (Wildman–Crippen MR) is 50.5 cm³/mol. The Labute approximate surface area is 75.1 Å². The van der Waals surface area contributed by atoms with Gasteiger partial charge in [-0.3, -0.25) is 0 Å². The maximum Gasteiger partial charge on any atom is 0.100 e. The summed E-state index contributed by atoms with van der Waals surface area (Å²) in [7, 11) is 2.12. The van der Waals surface area contributed by atoms with Crippen LogP contribution in [0.25, 0.3) is 0 Å². The molecule has 0 spiro atoms. The van der Waals surface area contributed by atoms with E-state index in [1.807, 2.05) is 0 Å². The lowest BCUT2D eigenvalue weighted by molar-refractivity contribution is 0.244. The summed E-state index contributed by atoms with van der Waals surface area (Å²) in [4.78, 5) is 2.27. The van der Waals surface area contributed by atoms with Crippen molar-refractivity contribution in [2.75, 3.05) is 7.05 Å². The van der Waals surface area contributed by atoms with Gasteiger partial charge in [-0.1, -0.05) is 13.8 Å². The molecule has 0 aromatic heterocycles. The lowest BCUT2D eigenvalue weighted by Gasteiger charge is -2.26. The van der Waals surface area contributed by atoms with E-state index in [-0.39, 0.29) is 12.4 Å². The topological polar surface area (TPSA) is 15.3 Å². The fraction of sp³-hybridized carbons (Fsp3) is 0.750. The molecule has 1 N–H and O–H groups in total. The van der Waals surface area contributed by atoms with Gasteiger partial charge in [0.2, 0.25) is 0 Å². The number of nitrogens with zero attached hydrogens (tertiary/aromatic N) is 1. The summed E-state index contributed by atoms with van der Waals surface area (Å²) < 4.78 is 0. The van der Waals surface area contributed by atoms with Crippen molar-refractivity contribution in [3.63, 3.8) is 0 Å². The smallest absolute Gasteiger partial charge is 0.100 e. The number of allylic oxidation sites excluding steroid dienone is 1. The highest BCUT2D eigenvalue weighted by molar-refractivity contribution is 5.85.